The summed E-state index contributed by atoms with van der Waals surface area (Å²) in [6.45, 7) is 1.79. The minimum atomic E-state index is -0.694. The van der Waals surface area contributed by atoms with Crippen molar-refractivity contribution < 1.29 is 14.6 Å². The summed E-state index contributed by atoms with van der Waals surface area (Å²) in [7, 11) is 0. The monoisotopic (exact) mass is 212 g/mol. The first-order chi connectivity index (χ1) is 7.17. The molecule has 2 N–H and O–H groups in total. The molecule has 0 aliphatic carbocycles. The van der Waals surface area contributed by atoms with Crippen molar-refractivity contribution in [2.45, 2.75) is 31.8 Å². The molecule has 0 bridgehead atoms. The first-order valence-corrected chi connectivity index (χ1v) is 5.21. The van der Waals surface area contributed by atoms with Gasteiger partial charge in [-0.1, -0.05) is 19.1 Å². The molecule has 0 fully saturated rings. The summed E-state index contributed by atoms with van der Waals surface area (Å²) in [6, 6.07) is 6.30. The van der Waals surface area contributed by atoms with Crippen LogP contribution in [0.5, 0.6) is 0 Å². The first-order valence-electron chi connectivity index (χ1n) is 5.21. The molecule has 0 saturated heterocycles. The highest BCUT2D eigenvalue weighted by atomic mass is 19.1. The van der Waals surface area contributed by atoms with Gasteiger partial charge in [-0.2, -0.15) is 0 Å². The van der Waals surface area contributed by atoms with Crippen LogP contribution in [0.15, 0.2) is 24.3 Å². The molecule has 0 heterocycles. The predicted octanol–water partition coefficient (Wildman–Crippen LogP) is 2.06. The van der Waals surface area contributed by atoms with Gasteiger partial charge in [0.05, 0.1) is 12.7 Å². The van der Waals surface area contributed by atoms with Crippen molar-refractivity contribution in [3.8, 4) is 0 Å². The number of halogens is 1. The number of hydrogen-bond donors (Lipinski definition) is 2. The van der Waals surface area contributed by atoms with E-state index in [9.17, 15) is 9.50 Å². The van der Waals surface area contributed by atoms with E-state index in [1.54, 1.807) is 12.1 Å². The Balaban J connectivity index is 2.69. The highest BCUT2D eigenvalue weighted by molar-refractivity contribution is 5.20. The normalized spacial score (nSPS) is 14.9. The van der Waals surface area contributed by atoms with Gasteiger partial charge in [0.15, 0.2) is 0 Å². The van der Waals surface area contributed by atoms with Gasteiger partial charge in [-0.15, -0.1) is 0 Å². The van der Waals surface area contributed by atoms with E-state index >= 15 is 0 Å². The molecule has 3 heteroatoms. The topological polar surface area (TPSA) is 40.5 Å². The molecule has 0 saturated carbocycles. The maximum atomic E-state index is 12.7. The summed E-state index contributed by atoms with van der Waals surface area (Å²) in [5.74, 6) is -0.0796. The van der Waals surface area contributed by atoms with Crippen molar-refractivity contribution in [2.24, 2.45) is 0 Å². The van der Waals surface area contributed by atoms with Gasteiger partial charge >= 0.3 is 0 Å². The molecular weight excluding hydrogens is 195 g/mol. The summed E-state index contributed by atoms with van der Waals surface area (Å²) < 4.78 is 12.7. The molecule has 2 unspecified atom stereocenters. The van der Waals surface area contributed by atoms with Crippen molar-refractivity contribution in [1.82, 2.24) is 0 Å². The van der Waals surface area contributed by atoms with Gasteiger partial charge in [-0.3, -0.25) is 0 Å². The fourth-order valence-electron chi connectivity index (χ4n) is 1.68. The summed E-state index contributed by atoms with van der Waals surface area (Å²) in [5, 5.41) is 18.1. The van der Waals surface area contributed by atoms with Crippen LogP contribution in [-0.4, -0.2) is 22.9 Å². The second kappa shape index (κ2) is 5.83. The van der Waals surface area contributed by atoms with Gasteiger partial charge in [-0.25, -0.2) is 4.39 Å². The highest BCUT2D eigenvalue weighted by Crippen LogP contribution is 2.24. The Kier molecular flexibility index (Phi) is 4.72. The Morgan fingerprint density at radius 1 is 1.27 bits per heavy atom. The van der Waals surface area contributed by atoms with Gasteiger partial charge in [0, 0.05) is 0 Å². The lowest BCUT2D eigenvalue weighted by molar-refractivity contribution is 0.0817. The number of hydrogen-bond acceptors (Lipinski definition) is 2. The average Bonchev–Trinajstić information content (AvgIpc) is 2.27. The molecule has 15 heavy (non-hydrogen) atoms. The van der Waals surface area contributed by atoms with E-state index in [0.29, 0.717) is 6.42 Å². The summed E-state index contributed by atoms with van der Waals surface area (Å²) in [6.07, 6.45) is 0.682. The third-order valence-corrected chi connectivity index (χ3v) is 2.60. The minimum Gasteiger partial charge on any atom is -0.394 e. The van der Waals surface area contributed by atoms with Gasteiger partial charge in [0.25, 0.3) is 0 Å². The molecule has 0 radical (unpaired) electrons. The lowest BCUT2D eigenvalue weighted by atomic mass is 9.91. The molecular formula is C12H17FO2. The van der Waals surface area contributed by atoms with Crippen molar-refractivity contribution in [3.05, 3.63) is 35.6 Å². The molecule has 0 aliphatic heterocycles. The zero-order valence-electron chi connectivity index (χ0n) is 8.86. The molecule has 1 aromatic carbocycles. The van der Waals surface area contributed by atoms with Gasteiger partial charge in [0.1, 0.15) is 5.82 Å². The zero-order valence-corrected chi connectivity index (χ0v) is 8.86. The van der Waals surface area contributed by atoms with E-state index in [-0.39, 0.29) is 18.3 Å². The van der Waals surface area contributed by atoms with Crippen LogP contribution in [0.1, 0.15) is 31.2 Å². The van der Waals surface area contributed by atoms with Gasteiger partial charge in [-0.05, 0) is 36.5 Å². The Hall–Kier alpha value is -0.930. The SMILES string of the molecule is CCC(CC(O)CO)c1ccc(F)cc1. The molecule has 0 aliphatic rings. The molecule has 84 valence electrons. The molecule has 0 aromatic heterocycles. The van der Waals surface area contributed by atoms with E-state index in [1.807, 2.05) is 6.92 Å². The summed E-state index contributed by atoms with van der Waals surface area (Å²) in [4.78, 5) is 0. The third-order valence-electron chi connectivity index (χ3n) is 2.60. The van der Waals surface area contributed by atoms with E-state index in [2.05, 4.69) is 0 Å². The molecule has 1 aromatic rings. The fourth-order valence-corrected chi connectivity index (χ4v) is 1.68. The second-order valence-corrected chi connectivity index (χ2v) is 3.73. The lowest BCUT2D eigenvalue weighted by Gasteiger charge is -2.17. The van der Waals surface area contributed by atoms with E-state index in [0.717, 1.165) is 12.0 Å². The van der Waals surface area contributed by atoms with Crippen LogP contribution in [0.4, 0.5) is 4.39 Å². The predicted molar refractivity (Wildman–Crippen MR) is 57.1 cm³/mol. The van der Waals surface area contributed by atoms with Crippen molar-refractivity contribution in [1.29, 1.82) is 0 Å². The van der Waals surface area contributed by atoms with Crippen molar-refractivity contribution >= 4 is 0 Å². The second-order valence-electron chi connectivity index (χ2n) is 3.73. The highest BCUT2D eigenvalue weighted by Gasteiger charge is 2.14. The van der Waals surface area contributed by atoms with Crippen molar-refractivity contribution in [3.63, 3.8) is 0 Å². The van der Waals surface area contributed by atoms with Crippen LogP contribution >= 0.6 is 0 Å². The van der Waals surface area contributed by atoms with Gasteiger partial charge in [0.2, 0.25) is 0 Å². The van der Waals surface area contributed by atoms with Crippen molar-refractivity contribution in [2.75, 3.05) is 6.61 Å². The van der Waals surface area contributed by atoms with E-state index < -0.39 is 6.10 Å². The average molecular weight is 212 g/mol. The minimum absolute atomic E-state index is 0.174. The molecule has 1 rings (SSSR count). The third kappa shape index (κ3) is 3.61. The maximum absolute atomic E-state index is 12.7. The molecule has 0 spiro atoms. The number of aliphatic hydroxyl groups excluding tert-OH is 2. The number of rotatable bonds is 5. The fraction of sp³-hybridized carbons (Fsp3) is 0.500. The summed E-state index contributed by atoms with van der Waals surface area (Å²) in [5.41, 5.74) is 1.01. The first kappa shape index (κ1) is 12.1. The number of benzene rings is 1. The van der Waals surface area contributed by atoms with Crippen LogP contribution in [0.25, 0.3) is 0 Å². The maximum Gasteiger partial charge on any atom is 0.123 e. The van der Waals surface area contributed by atoms with Crippen LogP contribution in [0, 0.1) is 5.82 Å². The van der Waals surface area contributed by atoms with Crippen LogP contribution in [-0.2, 0) is 0 Å². The Labute approximate surface area is 89.4 Å². The Bertz CT molecular complexity index is 284. The van der Waals surface area contributed by atoms with E-state index in [4.69, 9.17) is 5.11 Å². The Morgan fingerprint density at radius 2 is 1.87 bits per heavy atom. The standard InChI is InChI=1S/C12H17FO2/c1-2-9(7-12(15)8-14)10-3-5-11(13)6-4-10/h3-6,9,12,14-15H,2,7-8H2,1H3. The molecule has 2 atom stereocenters. The van der Waals surface area contributed by atoms with Gasteiger partial charge < -0.3 is 10.2 Å². The molecule has 2 nitrogen and oxygen atoms in total. The number of aliphatic hydroxyl groups is 2. The largest absolute Gasteiger partial charge is 0.394 e. The van der Waals surface area contributed by atoms with Crippen LogP contribution in [0.3, 0.4) is 0 Å². The van der Waals surface area contributed by atoms with Crippen LogP contribution < -0.4 is 0 Å². The Morgan fingerprint density at radius 3 is 2.33 bits per heavy atom. The van der Waals surface area contributed by atoms with Crippen LogP contribution in [0.2, 0.25) is 0 Å². The summed E-state index contributed by atoms with van der Waals surface area (Å²) >= 11 is 0. The smallest absolute Gasteiger partial charge is 0.123 e. The zero-order chi connectivity index (χ0) is 11.3. The molecule has 0 amide bonds. The quantitative estimate of drug-likeness (QED) is 0.784. The van der Waals surface area contributed by atoms with E-state index in [1.165, 1.54) is 12.1 Å². The lowest BCUT2D eigenvalue weighted by Crippen LogP contribution is -2.16.